The normalized spacial score (nSPS) is 10.8. The molecule has 0 bridgehead atoms. The maximum Gasteiger partial charge on any atom is 0.305 e. The minimum absolute atomic E-state index is 0.0219. The number of ether oxygens (including phenoxy) is 1. The molecule has 17 heavy (non-hydrogen) atoms. The molecule has 0 aromatic carbocycles. The Morgan fingerprint density at radius 2 is 1.71 bits per heavy atom. The van der Waals surface area contributed by atoms with Gasteiger partial charge in [-0.1, -0.05) is 20.8 Å². The van der Waals surface area contributed by atoms with Gasteiger partial charge in [0, 0.05) is 12.8 Å². The fourth-order valence-electron chi connectivity index (χ4n) is 1.17. The number of ketones is 1. The van der Waals surface area contributed by atoms with Crippen molar-refractivity contribution in [2.75, 3.05) is 13.7 Å². The maximum absolute atomic E-state index is 11.4. The summed E-state index contributed by atoms with van der Waals surface area (Å²) in [5, 5.41) is 2.54. The number of Topliss-reactive ketones (excluding diaryl/α,β-unsaturated/α-hetero) is 1. The van der Waals surface area contributed by atoms with Crippen LogP contribution < -0.4 is 5.32 Å². The van der Waals surface area contributed by atoms with E-state index in [9.17, 15) is 14.4 Å². The number of amides is 1. The molecule has 5 nitrogen and oxygen atoms in total. The Morgan fingerprint density at radius 3 is 2.18 bits per heavy atom. The van der Waals surface area contributed by atoms with Gasteiger partial charge in [-0.2, -0.15) is 0 Å². The number of carbonyl (C=O) groups is 3. The van der Waals surface area contributed by atoms with Gasteiger partial charge in [-0.3, -0.25) is 14.4 Å². The summed E-state index contributed by atoms with van der Waals surface area (Å²) in [5.41, 5.74) is -0.0981. The Labute approximate surface area is 102 Å². The second kappa shape index (κ2) is 7.04. The summed E-state index contributed by atoms with van der Waals surface area (Å²) in [5.74, 6) is -0.735. The second-order valence-corrected chi connectivity index (χ2v) is 5.13. The number of hydrogen-bond donors (Lipinski definition) is 1. The summed E-state index contributed by atoms with van der Waals surface area (Å²) >= 11 is 0. The molecule has 98 valence electrons. The monoisotopic (exact) mass is 243 g/mol. The van der Waals surface area contributed by atoms with E-state index >= 15 is 0 Å². The maximum atomic E-state index is 11.4. The van der Waals surface area contributed by atoms with E-state index in [0.29, 0.717) is 6.42 Å². The zero-order valence-corrected chi connectivity index (χ0v) is 11.0. The number of methoxy groups -OCH3 is 1. The summed E-state index contributed by atoms with van der Waals surface area (Å²) in [4.78, 5) is 33.5. The molecule has 0 aliphatic carbocycles. The average Bonchev–Trinajstić information content (AvgIpc) is 2.20. The molecular formula is C12H21NO4. The number of hydrogen-bond acceptors (Lipinski definition) is 4. The van der Waals surface area contributed by atoms with Crippen LogP contribution in [0.15, 0.2) is 0 Å². The van der Waals surface area contributed by atoms with Crippen molar-refractivity contribution < 1.29 is 19.1 Å². The zero-order valence-electron chi connectivity index (χ0n) is 11.0. The van der Waals surface area contributed by atoms with Crippen LogP contribution in [0.25, 0.3) is 0 Å². The van der Waals surface area contributed by atoms with Gasteiger partial charge in [0.2, 0.25) is 5.91 Å². The van der Waals surface area contributed by atoms with E-state index in [1.54, 1.807) is 0 Å². The molecule has 1 amide bonds. The lowest BCUT2D eigenvalue weighted by Crippen LogP contribution is -2.32. The minimum atomic E-state index is -0.417. The molecule has 0 fully saturated rings. The summed E-state index contributed by atoms with van der Waals surface area (Å²) in [6.07, 6.45) is 0.532. The largest absolute Gasteiger partial charge is 0.469 e. The van der Waals surface area contributed by atoms with E-state index in [-0.39, 0.29) is 36.5 Å². The van der Waals surface area contributed by atoms with Gasteiger partial charge < -0.3 is 10.1 Å². The zero-order chi connectivity index (χ0) is 13.5. The predicted octanol–water partition coefficient (Wildman–Crippen LogP) is 1.06. The highest BCUT2D eigenvalue weighted by Crippen LogP contribution is 2.17. The van der Waals surface area contributed by atoms with Gasteiger partial charge in [-0.25, -0.2) is 0 Å². The molecule has 0 heterocycles. The van der Waals surface area contributed by atoms with E-state index in [1.807, 2.05) is 20.8 Å². The summed E-state index contributed by atoms with van der Waals surface area (Å²) in [6, 6.07) is 0. The molecule has 5 heteroatoms. The third-order valence-corrected chi connectivity index (χ3v) is 2.01. The Balaban J connectivity index is 3.77. The van der Waals surface area contributed by atoms with Crippen LogP contribution in [-0.4, -0.2) is 31.3 Å². The molecule has 0 atom stereocenters. The Bertz CT molecular complexity index is 291. The number of carbonyl (C=O) groups excluding carboxylic acids is 3. The van der Waals surface area contributed by atoms with Crippen molar-refractivity contribution in [1.29, 1.82) is 0 Å². The fraction of sp³-hybridized carbons (Fsp3) is 0.750. The first kappa shape index (κ1) is 15.6. The highest BCUT2D eigenvalue weighted by molar-refractivity contribution is 5.88. The van der Waals surface area contributed by atoms with Crippen LogP contribution in [-0.2, 0) is 19.1 Å². The quantitative estimate of drug-likeness (QED) is 0.708. The van der Waals surface area contributed by atoms with Crippen molar-refractivity contribution in [1.82, 2.24) is 5.32 Å². The first-order chi connectivity index (χ1) is 7.74. The van der Waals surface area contributed by atoms with Crippen molar-refractivity contribution in [3.05, 3.63) is 0 Å². The Hall–Kier alpha value is -1.39. The Kier molecular flexibility index (Phi) is 6.46. The summed E-state index contributed by atoms with van der Waals surface area (Å²) in [7, 11) is 1.28. The fourth-order valence-corrected chi connectivity index (χ4v) is 1.17. The molecule has 0 radical (unpaired) electrons. The standard InChI is InChI=1S/C12H21NO4/c1-12(2,3)7-10(15)13-8-9(14)5-6-11(16)17-4/h5-8H2,1-4H3,(H,13,15). The van der Waals surface area contributed by atoms with Crippen LogP contribution in [0.5, 0.6) is 0 Å². The molecular weight excluding hydrogens is 222 g/mol. The minimum Gasteiger partial charge on any atom is -0.469 e. The smallest absolute Gasteiger partial charge is 0.305 e. The van der Waals surface area contributed by atoms with Gasteiger partial charge in [0.1, 0.15) is 0 Å². The van der Waals surface area contributed by atoms with E-state index in [4.69, 9.17) is 0 Å². The third-order valence-electron chi connectivity index (χ3n) is 2.01. The molecule has 0 saturated carbocycles. The van der Waals surface area contributed by atoms with E-state index in [0.717, 1.165) is 0 Å². The summed E-state index contributed by atoms with van der Waals surface area (Å²) < 4.78 is 4.41. The van der Waals surface area contributed by atoms with Crippen LogP contribution in [0.1, 0.15) is 40.0 Å². The van der Waals surface area contributed by atoms with Crippen LogP contribution >= 0.6 is 0 Å². The third kappa shape index (κ3) is 9.53. The second-order valence-electron chi connectivity index (χ2n) is 5.13. The molecule has 0 aromatic heterocycles. The van der Waals surface area contributed by atoms with E-state index in [2.05, 4.69) is 10.1 Å². The van der Waals surface area contributed by atoms with Gasteiger partial charge in [0.05, 0.1) is 20.1 Å². The highest BCUT2D eigenvalue weighted by atomic mass is 16.5. The molecule has 1 N–H and O–H groups in total. The van der Waals surface area contributed by atoms with E-state index < -0.39 is 5.97 Å². The van der Waals surface area contributed by atoms with Crippen LogP contribution in [0.3, 0.4) is 0 Å². The van der Waals surface area contributed by atoms with Crippen molar-refractivity contribution >= 4 is 17.7 Å². The van der Waals surface area contributed by atoms with Gasteiger partial charge >= 0.3 is 5.97 Å². The Morgan fingerprint density at radius 1 is 1.12 bits per heavy atom. The van der Waals surface area contributed by atoms with Crippen LogP contribution in [0.2, 0.25) is 0 Å². The van der Waals surface area contributed by atoms with Crippen LogP contribution in [0, 0.1) is 5.41 Å². The SMILES string of the molecule is COC(=O)CCC(=O)CNC(=O)CC(C)(C)C. The highest BCUT2D eigenvalue weighted by Gasteiger charge is 2.16. The van der Waals surface area contributed by atoms with Crippen LogP contribution in [0.4, 0.5) is 0 Å². The van der Waals surface area contributed by atoms with Gasteiger partial charge in [0.15, 0.2) is 5.78 Å². The molecule has 0 rings (SSSR count). The molecule has 0 aliphatic heterocycles. The molecule has 0 saturated heterocycles. The van der Waals surface area contributed by atoms with Crippen molar-refractivity contribution in [2.45, 2.75) is 40.0 Å². The van der Waals surface area contributed by atoms with Crippen molar-refractivity contribution in [3.63, 3.8) is 0 Å². The summed E-state index contributed by atoms with van der Waals surface area (Å²) in [6.45, 7) is 5.83. The lowest BCUT2D eigenvalue weighted by molar-refractivity contribution is -0.141. The molecule has 0 unspecified atom stereocenters. The lowest BCUT2D eigenvalue weighted by atomic mass is 9.92. The topological polar surface area (TPSA) is 72.5 Å². The number of rotatable bonds is 6. The average molecular weight is 243 g/mol. The number of nitrogens with one attached hydrogen (secondary N) is 1. The lowest BCUT2D eigenvalue weighted by Gasteiger charge is -2.16. The van der Waals surface area contributed by atoms with Crippen molar-refractivity contribution in [3.8, 4) is 0 Å². The van der Waals surface area contributed by atoms with Gasteiger partial charge in [-0.15, -0.1) is 0 Å². The molecule has 0 spiro atoms. The first-order valence-corrected chi connectivity index (χ1v) is 5.60. The predicted molar refractivity (Wildman–Crippen MR) is 63.3 cm³/mol. The van der Waals surface area contributed by atoms with Gasteiger partial charge in [0.25, 0.3) is 0 Å². The number of esters is 1. The van der Waals surface area contributed by atoms with E-state index in [1.165, 1.54) is 7.11 Å². The first-order valence-electron chi connectivity index (χ1n) is 5.60. The van der Waals surface area contributed by atoms with Crippen molar-refractivity contribution in [2.24, 2.45) is 5.41 Å². The molecule has 0 aliphatic rings. The van der Waals surface area contributed by atoms with Gasteiger partial charge in [-0.05, 0) is 5.41 Å². The molecule has 0 aromatic rings.